The van der Waals surface area contributed by atoms with E-state index in [-0.39, 0.29) is 18.2 Å². The minimum absolute atomic E-state index is 0.0331. The van der Waals surface area contributed by atoms with E-state index in [0.717, 1.165) is 36.9 Å². The van der Waals surface area contributed by atoms with Crippen molar-refractivity contribution >= 4 is 28.5 Å². The number of carbonyl (C=O) groups excluding carboxylic acids is 2. The van der Waals surface area contributed by atoms with Gasteiger partial charge in [0.25, 0.3) is 5.91 Å². The summed E-state index contributed by atoms with van der Waals surface area (Å²) in [6, 6.07) is 12.7. The Morgan fingerprint density at radius 2 is 1.93 bits per heavy atom. The molecule has 2 aromatic carbocycles. The van der Waals surface area contributed by atoms with Crippen molar-refractivity contribution < 1.29 is 18.7 Å². The van der Waals surface area contributed by atoms with Crippen molar-refractivity contribution in [3.05, 3.63) is 59.9 Å². The number of para-hydroxylation sites is 1. The lowest BCUT2D eigenvalue weighted by Gasteiger charge is -2.18. The molecule has 4 rings (SSSR count). The summed E-state index contributed by atoms with van der Waals surface area (Å²) in [5.41, 5.74) is 2.53. The number of rotatable bonds is 5. The number of fused-ring (bicyclic) bond motifs is 1. The predicted octanol–water partition coefficient (Wildman–Crippen LogP) is 3.86. The lowest BCUT2D eigenvalue weighted by Crippen LogP contribution is -2.29. The van der Waals surface area contributed by atoms with Gasteiger partial charge in [-0.2, -0.15) is 0 Å². The molecule has 3 aromatic rings. The fourth-order valence-electron chi connectivity index (χ4n) is 3.56. The SMILES string of the molecule is COc1ccc2c(CC(=O)Nc3ccccc3C(=O)N3CCCC3)coc2c1. The number of nitrogens with zero attached hydrogens (tertiary/aromatic N) is 1. The monoisotopic (exact) mass is 378 g/mol. The first-order valence-electron chi connectivity index (χ1n) is 9.38. The number of carbonyl (C=O) groups is 2. The molecule has 0 saturated carbocycles. The number of hydrogen-bond donors (Lipinski definition) is 1. The lowest BCUT2D eigenvalue weighted by atomic mass is 10.1. The molecule has 144 valence electrons. The molecule has 0 atom stereocenters. The van der Waals surface area contributed by atoms with Gasteiger partial charge in [0.1, 0.15) is 11.3 Å². The molecule has 2 heterocycles. The average Bonchev–Trinajstić information content (AvgIpc) is 3.38. The molecular formula is C22H22N2O4. The average molecular weight is 378 g/mol. The van der Waals surface area contributed by atoms with Gasteiger partial charge in [0.15, 0.2) is 0 Å². The van der Waals surface area contributed by atoms with Crippen LogP contribution in [0.1, 0.15) is 28.8 Å². The topological polar surface area (TPSA) is 71.8 Å². The van der Waals surface area contributed by atoms with Crippen LogP contribution >= 0.6 is 0 Å². The predicted molar refractivity (Wildman–Crippen MR) is 107 cm³/mol. The Hall–Kier alpha value is -3.28. The second kappa shape index (κ2) is 7.76. The van der Waals surface area contributed by atoms with E-state index in [0.29, 0.717) is 22.6 Å². The van der Waals surface area contributed by atoms with Gasteiger partial charge in [-0.15, -0.1) is 0 Å². The first-order valence-corrected chi connectivity index (χ1v) is 9.38. The molecule has 0 unspecified atom stereocenters. The van der Waals surface area contributed by atoms with Crippen LogP contribution in [0.4, 0.5) is 5.69 Å². The third kappa shape index (κ3) is 3.58. The van der Waals surface area contributed by atoms with Crippen LogP contribution in [0.5, 0.6) is 5.75 Å². The number of benzene rings is 2. The van der Waals surface area contributed by atoms with Crippen molar-refractivity contribution in [1.29, 1.82) is 0 Å². The molecule has 0 radical (unpaired) electrons. The first kappa shape index (κ1) is 18.1. The quantitative estimate of drug-likeness (QED) is 0.732. The standard InChI is InChI=1S/C22H22N2O4/c1-27-16-8-9-17-15(14-28-20(17)13-16)12-21(25)23-19-7-3-2-6-18(19)22(26)24-10-4-5-11-24/h2-3,6-9,13-14H,4-5,10-12H2,1H3,(H,23,25). The van der Waals surface area contributed by atoms with Crippen LogP contribution in [-0.2, 0) is 11.2 Å². The third-order valence-electron chi connectivity index (χ3n) is 5.04. The maximum Gasteiger partial charge on any atom is 0.255 e. The highest BCUT2D eigenvalue weighted by Gasteiger charge is 2.22. The normalized spacial score (nSPS) is 13.7. The number of anilines is 1. The molecule has 1 saturated heterocycles. The fraction of sp³-hybridized carbons (Fsp3) is 0.273. The van der Waals surface area contributed by atoms with E-state index >= 15 is 0 Å². The summed E-state index contributed by atoms with van der Waals surface area (Å²) in [6.45, 7) is 1.54. The van der Waals surface area contributed by atoms with E-state index in [1.165, 1.54) is 0 Å². The summed E-state index contributed by atoms with van der Waals surface area (Å²) < 4.78 is 10.7. The number of nitrogens with one attached hydrogen (secondary N) is 1. The van der Waals surface area contributed by atoms with Crippen molar-refractivity contribution in [2.45, 2.75) is 19.3 Å². The fourth-order valence-corrected chi connectivity index (χ4v) is 3.56. The first-order chi connectivity index (χ1) is 13.7. The van der Waals surface area contributed by atoms with Gasteiger partial charge in [-0.3, -0.25) is 9.59 Å². The zero-order valence-electron chi connectivity index (χ0n) is 15.7. The minimum atomic E-state index is -0.194. The highest BCUT2D eigenvalue weighted by molar-refractivity contribution is 6.04. The Bertz CT molecular complexity index is 1020. The van der Waals surface area contributed by atoms with Gasteiger partial charge in [-0.25, -0.2) is 0 Å². The smallest absolute Gasteiger partial charge is 0.255 e. The highest BCUT2D eigenvalue weighted by Crippen LogP contribution is 2.26. The number of hydrogen-bond acceptors (Lipinski definition) is 4. The number of likely N-dealkylation sites (tertiary alicyclic amines) is 1. The van der Waals surface area contributed by atoms with Crippen LogP contribution < -0.4 is 10.1 Å². The summed E-state index contributed by atoms with van der Waals surface area (Å²) in [7, 11) is 1.60. The van der Waals surface area contributed by atoms with E-state index in [9.17, 15) is 9.59 Å². The number of methoxy groups -OCH3 is 1. The molecule has 0 aliphatic carbocycles. The summed E-state index contributed by atoms with van der Waals surface area (Å²) in [5.74, 6) is 0.474. The zero-order valence-corrected chi connectivity index (χ0v) is 15.7. The molecule has 1 aliphatic rings. The van der Waals surface area contributed by atoms with Crippen LogP contribution in [0, 0.1) is 0 Å². The van der Waals surface area contributed by atoms with Gasteiger partial charge < -0.3 is 19.4 Å². The Balaban J connectivity index is 1.51. The Kier molecular flexibility index (Phi) is 5.02. The molecule has 1 fully saturated rings. The molecular weight excluding hydrogens is 356 g/mol. The second-order valence-corrected chi connectivity index (χ2v) is 6.89. The van der Waals surface area contributed by atoms with E-state index in [1.807, 2.05) is 29.2 Å². The maximum atomic E-state index is 12.7. The van der Waals surface area contributed by atoms with Crippen LogP contribution in [0.25, 0.3) is 11.0 Å². The molecule has 1 aromatic heterocycles. The van der Waals surface area contributed by atoms with Crippen molar-refractivity contribution in [1.82, 2.24) is 4.90 Å². The Morgan fingerprint density at radius 3 is 2.71 bits per heavy atom. The summed E-state index contributed by atoms with van der Waals surface area (Å²) >= 11 is 0. The largest absolute Gasteiger partial charge is 0.497 e. The lowest BCUT2D eigenvalue weighted by molar-refractivity contribution is -0.115. The van der Waals surface area contributed by atoms with Gasteiger partial charge in [0, 0.05) is 30.1 Å². The van der Waals surface area contributed by atoms with Crippen LogP contribution in [0.2, 0.25) is 0 Å². The Labute approximate surface area is 163 Å². The van der Waals surface area contributed by atoms with Gasteiger partial charge in [0.05, 0.1) is 31.0 Å². The molecule has 0 bridgehead atoms. The van der Waals surface area contributed by atoms with Crippen molar-refractivity contribution in [2.24, 2.45) is 0 Å². The van der Waals surface area contributed by atoms with Crippen molar-refractivity contribution in [2.75, 3.05) is 25.5 Å². The molecule has 0 spiro atoms. The molecule has 1 aliphatic heterocycles. The zero-order chi connectivity index (χ0) is 19.5. The Morgan fingerprint density at radius 1 is 1.14 bits per heavy atom. The van der Waals surface area contributed by atoms with E-state index in [1.54, 1.807) is 31.6 Å². The van der Waals surface area contributed by atoms with E-state index in [4.69, 9.17) is 9.15 Å². The number of amides is 2. The van der Waals surface area contributed by atoms with Crippen molar-refractivity contribution in [3.8, 4) is 5.75 Å². The molecule has 6 heteroatoms. The number of furan rings is 1. The maximum absolute atomic E-state index is 12.7. The summed E-state index contributed by atoms with van der Waals surface area (Å²) in [4.78, 5) is 27.2. The van der Waals surface area contributed by atoms with E-state index < -0.39 is 0 Å². The molecule has 28 heavy (non-hydrogen) atoms. The molecule has 6 nitrogen and oxygen atoms in total. The van der Waals surface area contributed by atoms with Crippen LogP contribution in [-0.4, -0.2) is 36.9 Å². The third-order valence-corrected chi connectivity index (χ3v) is 5.04. The van der Waals surface area contributed by atoms with Gasteiger partial charge in [-0.1, -0.05) is 12.1 Å². The van der Waals surface area contributed by atoms with Crippen LogP contribution in [0.15, 0.2) is 53.1 Å². The van der Waals surface area contributed by atoms with Gasteiger partial charge in [0.2, 0.25) is 5.91 Å². The highest BCUT2D eigenvalue weighted by atomic mass is 16.5. The van der Waals surface area contributed by atoms with Crippen molar-refractivity contribution in [3.63, 3.8) is 0 Å². The number of ether oxygens (including phenoxy) is 1. The summed E-state index contributed by atoms with van der Waals surface area (Å²) in [6.07, 6.45) is 3.80. The van der Waals surface area contributed by atoms with E-state index in [2.05, 4.69) is 5.32 Å². The molecule has 2 amide bonds. The van der Waals surface area contributed by atoms with Gasteiger partial charge >= 0.3 is 0 Å². The van der Waals surface area contributed by atoms with Crippen LogP contribution in [0.3, 0.4) is 0 Å². The summed E-state index contributed by atoms with van der Waals surface area (Å²) in [5, 5.41) is 3.76. The molecule has 1 N–H and O–H groups in total. The minimum Gasteiger partial charge on any atom is -0.497 e. The second-order valence-electron chi connectivity index (χ2n) is 6.89. The van der Waals surface area contributed by atoms with Gasteiger partial charge in [-0.05, 0) is 37.1 Å².